The second-order valence-corrected chi connectivity index (χ2v) is 5.60. The zero-order valence-corrected chi connectivity index (χ0v) is 14.5. The number of aliphatic hydroxyl groups is 2. The Bertz CT molecular complexity index is 634. The number of hydrogen-bond donors (Lipinski definition) is 7. The normalized spacial score (nSPS) is 15.6. The molecule has 146 valence electrons. The lowest BCUT2D eigenvalue weighted by molar-refractivity contribution is -0.541. The number of hydrogen-bond acceptors (Lipinski definition) is 9. The third-order valence-electron chi connectivity index (χ3n) is 3.38. The molecule has 0 radical (unpaired) electrons. The molecule has 1 heterocycles. The van der Waals surface area contributed by atoms with E-state index in [0.29, 0.717) is 0 Å². The van der Waals surface area contributed by atoms with E-state index in [0.717, 1.165) is 0 Å². The highest BCUT2D eigenvalue weighted by molar-refractivity contribution is 5.82. The van der Waals surface area contributed by atoms with Crippen LogP contribution in [0.15, 0.2) is 4.52 Å². The molecule has 0 aliphatic heterocycles. The van der Waals surface area contributed by atoms with E-state index in [1.807, 2.05) is 0 Å². The average Bonchev–Trinajstić information content (AvgIpc) is 3.07. The Labute approximate surface area is 148 Å². The first kappa shape index (κ1) is 21.6. The van der Waals surface area contributed by atoms with E-state index in [2.05, 4.69) is 26.5 Å². The lowest BCUT2D eigenvalue weighted by Crippen LogP contribution is -2.88. The molecule has 11 N–H and O–H groups in total. The van der Waals surface area contributed by atoms with Crippen molar-refractivity contribution in [3.05, 3.63) is 11.7 Å². The Kier molecular flexibility index (Phi) is 8.21. The number of nitrogens with zero attached hydrogens (tertiary/aromatic N) is 2. The fourth-order valence-electron chi connectivity index (χ4n) is 2.00. The molecule has 1 rings (SSSR count). The van der Waals surface area contributed by atoms with Gasteiger partial charge in [0.1, 0.15) is 6.04 Å². The summed E-state index contributed by atoms with van der Waals surface area (Å²) in [5.74, 6) is -1.10. The highest BCUT2D eigenvalue weighted by Gasteiger charge is 2.31. The van der Waals surface area contributed by atoms with Crippen molar-refractivity contribution < 1.29 is 40.2 Å². The molecule has 0 aliphatic carbocycles. The van der Waals surface area contributed by atoms with Crippen LogP contribution in [0.3, 0.4) is 0 Å². The smallest absolute Gasteiger partial charge is 0.335 e. The Morgan fingerprint density at radius 2 is 2.04 bits per heavy atom. The second kappa shape index (κ2) is 9.88. The summed E-state index contributed by atoms with van der Waals surface area (Å²) in [5.41, 5.74) is 8.81. The average molecular weight is 375 g/mol. The molecule has 4 amide bonds. The molecular weight excluding hydrogens is 350 g/mol. The number of urea groups is 1. The highest BCUT2D eigenvalue weighted by atomic mass is 16.5. The quantitative estimate of drug-likeness (QED) is 0.219. The topological polar surface area (TPSA) is 225 Å². The standard InChI is InChI=1S/C13H23N7O6/c1-5(22)9(11(24)16-2)18-13(25)17-7(3-8(15)23)12-19-10(20-26-12)6(14)4-21/h5-7,9,21-22H,3-4,14H2,1-2H3,(H2,15,23)(H,16,24)(H2,17,18,25)/p+2. The maximum Gasteiger partial charge on any atom is 0.335 e. The van der Waals surface area contributed by atoms with Crippen LogP contribution in [0.4, 0.5) is 4.79 Å². The minimum atomic E-state index is -1.16. The minimum absolute atomic E-state index is 0.00355. The zero-order valence-electron chi connectivity index (χ0n) is 14.5. The molecule has 4 atom stereocenters. The van der Waals surface area contributed by atoms with Crippen molar-refractivity contribution in [3.63, 3.8) is 0 Å². The molecule has 13 heteroatoms. The van der Waals surface area contributed by atoms with Crippen LogP contribution in [0.1, 0.15) is 37.1 Å². The van der Waals surface area contributed by atoms with Crippen molar-refractivity contribution in [2.24, 2.45) is 5.73 Å². The number of nitrogens with two attached hydrogens (primary N) is 2. The van der Waals surface area contributed by atoms with Crippen molar-refractivity contribution in [1.82, 2.24) is 20.8 Å². The lowest BCUT2D eigenvalue weighted by atomic mass is 10.1. The lowest BCUT2D eigenvalue weighted by Gasteiger charge is -2.19. The van der Waals surface area contributed by atoms with Gasteiger partial charge in [0.2, 0.25) is 5.89 Å². The first-order valence-corrected chi connectivity index (χ1v) is 7.82. The number of likely N-dealkylation sites (N-methyl/N-ethyl adjacent to an activating group) is 1. The van der Waals surface area contributed by atoms with Gasteiger partial charge in [-0.1, -0.05) is 5.16 Å². The van der Waals surface area contributed by atoms with Crippen LogP contribution in [0, 0.1) is 0 Å². The molecule has 4 unspecified atom stereocenters. The van der Waals surface area contributed by atoms with Gasteiger partial charge in [-0.15, -0.1) is 0 Å². The number of rotatable bonds is 9. The zero-order chi connectivity index (χ0) is 19.9. The third kappa shape index (κ3) is 6.12. The van der Waals surface area contributed by atoms with Crippen LogP contribution in [0.5, 0.6) is 0 Å². The van der Waals surface area contributed by atoms with E-state index in [1.165, 1.54) is 19.3 Å². The van der Waals surface area contributed by atoms with E-state index in [-0.39, 0.29) is 18.1 Å². The molecule has 0 bridgehead atoms. The molecule has 0 saturated heterocycles. The molecule has 0 spiro atoms. The van der Waals surface area contributed by atoms with Gasteiger partial charge in [0, 0.05) is 0 Å². The van der Waals surface area contributed by atoms with Crippen molar-refractivity contribution >= 4 is 17.8 Å². The summed E-state index contributed by atoms with van der Waals surface area (Å²) in [6, 6.07) is -3.89. The molecule has 0 fully saturated rings. The number of carbonyl (C=O) groups excluding carboxylic acids is 3. The third-order valence-corrected chi connectivity index (χ3v) is 3.38. The van der Waals surface area contributed by atoms with E-state index in [4.69, 9.17) is 15.4 Å². The van der Waals surface area contributed by atoms with Crippen molar-refractivity contribution in [2.75, 3.05) is 13.7 Å². The summed E-state index contributed by atoms with van der Waals surface area (Å²) >= 11 is 0. The molecule has 0 aliphatic rings. The van der Waals surface area contributed by atoms with Gasteiger partial charge in [-0.05, 0) is 6.92 Å². The molecule has 1 aromatic heterocycles. The molecule has 0 saturated carbocycles. The SMILES string of the molecule is C[NH2+]C(=O)C(NC(=O)NC(CC([NH3+])=O)c1nc(C(N)CO)no1)C(C)O. The van der Waals surface area contributed by atoms with Crippen LogP contribution in [0.2, 0.25) is 0 Å². The van der Waals surface area contributed by atoms with Gasteiger partial charge in [-0.2, -0.15) is 4.98 Å². The molecule has 13 nitrogen and oxygen atoms in total. The fourth-order valence-corrected chi connectivity index (χ4v) is 2.00. The maximum atomic E-state index is 12.2. The van der Waals surface area contributed by atoms with E-state index in [9.17, 15) is 19.5 Å². The van der Waals surface area contributed by atoms with Gasteiger partial charge < -0.3 is 31.1 Å². The Morgan fingerprint density at radius 3 is 2.54 bits per heavy atom. The monoisotopic (exact) mass is 375 g/mol. The largest absolute Gasteiger partial charge is 0.394 e. The summed E-state index contributed by atoms with van der Waals surface area (Å²) < 4.78 is 4.98. The minimum Gasteiger partial charge on any atom is -0.394 e. The van der Waals surface area contributed by atoms with Gasteiger partial charge in [-0.3, -0.25) is 11.1 Å². The summed E-state index contributed by atoms with van der Waals surface area (Å²) in [6.07, 6.45) is -1.38. The predicted molar refractivity (Wildman–Crippen MR) is 83.6 cm³/mol. The van der Waals surface area contributed by atoms with Gasteiger partial charge in [0.25, 0.3) is 0 Å². The molecular formula is C13H25N7O6+2. The Hall–Kier alpha value is -2.45. The number of carbonyl (C=O) groups is 3. The van der Waals surface area contributed by atoms with E-state index < -0.39 is 48.7 Å². The van der Waals surface area contributed by atoms with E-state index in [1.54, 1.807) is 0 Å². The summed E-state index contributed by atoms with van der Waals surface area (Å²) in [6.45, 7) is 0.932. The van der Waals surface area contributed by atoms with Crippen molar-refractivity contribution in [2.45, 2.75) is 37.6 Å². The van der Waals surface area contributed by atoms with Crippen molar-refractivity contribution in [3.8, 4) is 0 Å². The van der Waals surface area contributed by atoms with Gasteiger partial charge in [0.05, 0.1) is 32.2 Å². The van der Waals surface area contributed by atoms with Crippen LogP contribution < -0.4 is 27.4 Å². The molecule has 1 aromatic rings. The first-order chi connectivity index (χ1) is 12.2. The van der Waals surface area contributed by atoms with Crippen molar-refractivity contribution in [1.29, 1.82) is 0 Å². The number of aliphatic hydroxyl groups excluding tert-OH is 2. The highest BCUT2D eigenvalue weighted by Crippen LogP contribution is 2.16. The number of primary amides is 1. The van der Waals surface area contributed by atoms with Crippen LogP contribution in [0.25, 0.3) is 0 Å². The number of aromatic nitrogens is 2. The van der Waals surface area contributed by atoms with Gasteiger partial charge in [-0.25, -0.2) is 14.4 Å². The fraction of sp³-hybridized carbons (Fsp3) is 0.615. The van der Waals surface area contributed by atoms with Gasteiger partial charge in [0.15, 0.2) is 11.9 Å². The Morgan fingerprint density at radius 1 is 1.38 bits per heavy atom. The molecule has 0 aromatic carbocycles. The van der Waals surface area contributed by atoms with Crippen LogP contribution in [-0.4, -0.2) is 64.0 Å². The second-order valence-electron chi connectivity index (χ2n) is 5.60. The summed E-state index contributed by atoms with van der Waals surface area (Å²) in [5, 5.41) is 28.2. The van der Waals surface area contributed by atoms with Crippen LogP contribution >= 0.6 is 0 Å². The maximum absolute atomic E-state index is 12.2. The van der Waals surface area contributed by atoms with Crippen LogP contribution in [-0.2, 0) is 9.59 Å². The summed E-state index contributed by atoms with van der Waals surface area (Å²) in [4.78, 5) is 39.2. The van der Waals surface area contributed by atoms with Gasteiger partial charge >= 0.3 is 17.8 Å². The summed E-state index contributed by atoms with van der Waals surface area (Å²) in [7, 11) is 1.48. The number of amides is 4. The predicted octanol–water partition coefficient (Wildman–Crippen LogP) is -4.97. The Balaban J connectivity index is 2.90. The number of quaternary nitrogens is 2. The van der Waals surface area contributed by atoms with E-state index >= 15 is 0 Å². The molecule has 26 heavy (non-hydrogen) atoms. The first-order valence-electron chi connectivity index (χ1n) is 7.82. The number of nitrogens with one attached hydrogen (secondary N) is 2.